The lowest BCUT2D eigenvalue weighted by Crippen LogP contribution is -2.05. The predicted octanol–water partition coefficient (Wildman–Crippen LogP) is 4.77. The molecule has 0 aliphatic carbocycles. The third kappa shape index (κ3) is 3.55. The van der Waals surface area contributed by atoms with Crippen molar-refractivity contribution in [1.29, 1.82) is 0 Å². The Bertz CT molecular complexity index is 327. The lowest BCUT2D eigenvalue weighted by molar-refractivity contribution is 0.973. The second-order valence-electron chi connectivity index (χ2n) is 4.06. The highest BCUT2D eigenvalue weighted by Crippen LogP contribution is 2.25. The minimum absolute atomic E-state index is 1.06. The molecular weight excluding hydrogens is 194 g/mol. The maximum atomic E-state index is 3.50. The standard InChI is InChI=1S/C13H21N.C2H6/c1-6-7-14-13-10(3)8-9(2)11(4)12(13)5;1-2/h8,14H,6-7H2,1-5H3;1-2H3. The molecule has 0 spiro atoms. The van der Waals surface area contributed by atoms with Gasteiger partial charge in [0, 0.05) is 12.2 Å². The van der Waals surface area contributed by atoms with Crippen molar-refractivity contribution in [1.82, 2.24) is 0 Å². The van der Waals surface area contributed by atoms with Gasteiger partial charge in [0.1, 0.15) is 0 Å². The summed E-state index contributed by atoms with van der Waals surface area (Å²) in [5, 5.41) is 3.50. The summed E-state index contributed by atoms with van der Waals surface area (Å²) in [5.74, 6) is 0. The van der Waals surface area contributed by atoms with Crippen LogP contribution in [0.2, 0.25) is 0 Å². The summed E-state index contributed by atoms with van der Waals surface area (Å²) in [7, 11) is 0. The van der Waals surface area contributed by atoms with Gasteiger partial charge in [-0.05, 0) is 56.4 Å². The molecule has 0 aliphatic heterocycles. The summed E-state index contributed by atoms with van der Waals surface area (Å²) in [4.78, 5) is 0. The van der Waals surface area contributed by atoms with Gasteiger partial charge in [0.05, 0.1) is 0 Å². The summed E-state index contributed by atoms with van der Waals surface area (Å²) in [5.41, 5.74) is 6.89. The maximum Gasteiger partial charge on any atom is 0.0402 e. The van der Waals surface area contributed by atoms with E-state index in [1.807, 2.05) is 13.8 Å². The molecule has 1 heteroatoms. The quantitative estimate of drug-likeness (QED) is 0.775. The van der Waals surface area contributed by atoms with E-state index >= 15 is 0 Å². The van der Waals surface area contributed by atoms with Gasteiger partial charge in [0.2, 0.25) is 0 Å². The maximum absolute atomic E-state index is 3.50. The Kier molecular flexibility index (Phi) is 6.87. The van der Waals surface area contributed by atoms with Crippen molar-refractivity contribution in [2.24, 2.45) is 0 Å². The number of rotatable bonds is 3. The van der Waals surface area contributed by atoms with E-state index in [9.17, 15) is 0 Å². The largest absolute Gasteiger partial charge is 0.385 e. The fraction of sp³-hybridized carbons (Fsp3) is 0.600. The van der Waals surface area contributed by atoms with Crippen molar-refractivity contribution in [2.75, 3.05) is 11.9 Å². The minimum atomic E-state index is 1.06. The fourth-order valence-corrected chi connectivity index (χ4v) is 1.81. The lowest BCUT2D eigenvalue weighted by atomic mass is 9.98. The summed E-state index contributed by atoms with van der Waals surface area (Å²) >= 11 is 0. The first-order chi connectivity index (χ1) is 7.57. The van der Waals surface area contributed by atoms with Crippen LogP contribution in [0.15, 0.2) is 6.07 Å². The van der Waals surface area contributed by atoms with Crippen LogP contribution in [-0.4, -0.2) is 6.54 Å². The van der Waals surface area contributed by atoms with E-state index < -0.39 is 0 Å². The Labute approximate surface area is 101 Å². The van der Waals surface area contributed by atoms with Crippen molar-refractivity contribution in [3.8, 4) is 0 Å². The van der Waals surface area contributed by atoms with Crippen LogP contribution in [0.1, 0.15) is 49.4 Å². The normalized spacial score (nSPS) is 9.44. The van der Waals surface area contributed by atoms with Crippen LogP contribution in [-0.2, 0) is 0 Å². The second-order valence-corrected chi connectivity index (χ2v) is 4.06. The summed E-state index contributed by atoms with van der Waals surface area (Å²) < 4.78 is 0. The summed E-state index contributed by atoms with van der Waals surface area (Å²) in [6, 6.07) is 2.26. The van der Waals surface area contributed by atoms with Crippen LogP contribution in [0.4, 0.5) is 5.69 Å². The van der Waals surface area contributed by atoms with E-state index in [1.165, 1.54) is 34.4 Å². The second kappa shape index (κ2) is 7.32. The van der Waals surface area contributed by atoms with Gasteiger partial charge in [-0.3, -0.25) is 0 Å². The van der Waals surface area contributed by atoms with Gasteiger partial charge in [-0.15, -0.1) is 0 Å². The third-order valence-corrected chi connectivity index (χ3v) is 2.91. The number of benzene rings is 1. The van der Waals surface area contributed by atoms with Crippen LogP contribution < -0.4 is 5.32 Å². The molecule has 0 fully saturated rings. The van der Waals surface area contributed by atoms with Crippen molar-refractivity contribution >= 4 is 5.69 Å². The molecule has 0 amide bonds. The van der Waals surface area contributed by atoms with Gasteiger partial charge in [-0.25, -0.2) is 0 Å². The molecule has 0 bridgehead atoms. The Morgan fingerprint density at radius 2 is 1.50 bits per heavy atom. The molecule has 0 aliphatic rings. The first-order valence-electron chi connectivity index (χ1n) is 6.39. The molecule has 0 atom stereocenters. The highest BCUT2D eigenvalue weighted by molar-refractivity contribution is 5.61. The van der Waals surface area contributed by atoms with Gasteiger partial charge >= 0.3 is 0 Å². The molecule has 16 heavy (non-hydrogen) atoms. The summed E-state index contributed by atoms with van der Waals surface area (Å²) in [6.45, 7) is 16.0. The zero-order chi connectivity index (χ0) is 12.7. The Morgan fingerprint density at radius 1 is 0.938 bits per heavy atom. The van der Waals surface area contributed by atoms with Gasteiger partial charge in [-0.2, -0.15) is 0 Å². The molecule has 0 radical (unpaired) electrons. The zero-order valence-corrected chi connectivity index (χ0v) is 12.0. The van der Waals surface area contributed by atoms with E-state index in [-0.39, 0.29) is 0 Å². The van der Waals surface area contributed by atoms with Gasteiger partial charge in [0.15, 0.2) is 0 Å². The molecule has 0 saturated heterocycles. The monoisotopic (exact) mass is 221 g/mol. The Balaban J connectivity index is 0.00000106. The third-order valence-electron chi connectivity index (χ3n) is 2.91. The van der Waals surface area contributed by atoms with E-state index in [0.29, 0.717) is 0 Å². The van der Waals surface area contributed by atoms with Gasteiger partial charge < -0.3 is 5.32 Å². The fourth-order valence-electron chi connectivity index (χ4n) is 1.81. The van der Waals surface area contributed by atoms with Crippen LogP contribution >= 0.6 is 0 Å². The number of nitrogens with one attached hydrogen (secondary N) is 1. The zero-order valence-electron chi connectivity index (χ0n) is 12.0. The Morgan fingerprint density at radius 3 is 2.00 bits per heavy atom. The lowest BCUT2D eigenvalue weighted by Gasteiger charge is -2.16. The number of aryl methyl sites for hydroxylation is 2. The van der Waals surface area contributed by atoms with E-state index in [4.69, 9.17) is 0 Å². The number of hydrogen-bond acceptors (Lipinski definition) is 1. The highest BCUT2D eigenvalue weighted by atomic mass is 14.9. The molecular formula is C15H27N. The van der Waals surface area contributed by atoms with Crippen LogP contribution in [0.5, 0.6) is 0 Å². The molecule has 0 aromatic heterocycles. The SMILES string of the molecule is CC.CCCNc1c(C)cc(C)c(C)c1C. The van der Waals surface area contributed by atoms with E-state index in [1.54, 1.807) is 0 Å². The van der Waals surface area contributed by atoms with Gasteiger partial charge in [0.25, 0.3) is 0 Å². The molecule has 1 aromatic rings. The van der Waals surface area contributed by atoms with Crippen molar-refractivity contribution in [3.05, 3.63) is 28.3 Å². The van der Waals surface area contributed by atoms with Crippen LogP contribution in [0, 0.1) is 27.7 Å². The van der Waals surface area contributed by atoms with Crippen molar-refractivity contribution < 1.29 is 0 Å². The average Bonchev–Trinajstić information content (AvgIpc) is 2.29. The first-order valence-corrected chi connectivity index (χ1v) is 6.39. The van der Waals surface area contributed by atoms with Crippen molar-refractivity contribution in [2.45, 2.75) is 54.9 Å². The molecule has 1 nitrogen and oxygen atoms in total. The van der Waals surface area contributed by atoms with E-state index in [2.05, 4.69) is 46.0 Å². The van der Waals surface area contributed by atoms with Crippen LogP contribution in [0.25, 0.3) is 0 Å². The smallest absolute Gasteiger partial charge is 0.0402 e. The number of anilines is 1. The molecule has 1 N–H and O–H groups in total. The topological polar surface area (TPSA) is 12.0 Å². The molecule has 0 saturated carbocycles. The first kappa shape index (κ1) is 15.0. The highest BCUT2D eigenvalue weighted by Gasteiger charge is 2.06. The molecule has 1 rings (SSSR count). The Hall–Kier alpha value is -0.980. The molecule has 92 valence electrons. The molecule has 0 unspecified atom stereocenters. The summed E-state index contributed by atoms with van der Waals surface area (Å²) in [6.07, 6.45) is 1.17. The molecule has 1 aromatic carbocycles. The minimum Gasteiger partial charge on any atom is -0.385 e. The van der Waals surface area contributed by atoms with Gasteiger partial charge in [-0.1, -0.05) is 26.8 Å². The molecule has 0 heterocycles. The van der Waals surface area contributed by atoms with Crippen molar-refractivity contribution in [3.63, 3.8) is 0 Å². The predicted molar refractivity (Wildman–Crippen MR) is 75.5 cm³/mol. The average molecular weight is 221 g/mol. The van der Waals surface area contributed by atoms with Crippen LogP contribution in [0.3, 0.4) is 0 Å². The van der Waals surface area contributed by atoms with E-state index in [0.717, 1.165) is 6.54 Å². The number of hydrogen-bond donors (Lipinski definition) is 1.